The van der Waals surface area contributed by atoms with Crippen molar-refractivity contribution < 1.29 is 9.59 Å². The molecule has 1 aliphatic heterocycles. The molecular formula is C27H33N5O2. The second kappa shape index (κ2) is 8.87. The van der Waals surface area contributed by atoms with Crippen LogP contribution in [0.5, 0.6) is 0 Å². The molecule has 7 nitrogen and oxygen atoms in total. The standard InChI is InChI=1S/C27H33N5O2/c1-19-14-25(29-26-24(19)8-9-32(26)23-15-21(16-23)28-3)31-12-10-30(11-13-31)22-6-4-20(5-7-22)27(2,17-33)18-34/h4-9,14,17-18,21,23,28H,10-13,15-16H2,1-3H3. The number of nitrogens with one attached hydrogen (secondary N) is 1. The van der Waals surface area contributed by atoms with E-state index in [2.05, 4.69) is 44.9 Å². The van der Waals surface area contributed by atoms with Gasteiger partial charge in [0.2, 0.25) is 0 Å². The molecule has 1 saturated heterocycles. The average Bonchev–Trinajstić information content (AvgIpc) is 3.27. The summed E-state index contributed by atoms with van der Waals surface area (Å²) in [5, 5.41) is 4.62. The number of hydrogen-bond acceptors (Lipinski definition) is 6. The van der Waals surface area contributed by atoms with Crippen LogP contribution in [0.25, 0.3) is 11.0 Å². The number of nitrogens with zero attached hydrogens (tertiary/aromatic N) is 4. The summed E-state index contributed by atoms with van der Waals surface area (Å²) in [6, 6.07) is 13.3. The summed E-state index contributed by atoms with van der Waals surface area (Å²) >= 11 is 0. The van der Waals surface area contributed by atoms with Gasteiger partial charge in [-0.1, -0.05) is 12.1 Å². The summed E-state index contributed by atoms with van der Waals surface area (Å²) in [5.74, 6) is 1.05. The lowest BCUT2D eigenvalue weighted by molar-refractivity contribution is -0.120. The lowest BCUT2D eigenvalue weighted by Crippen LogP contribution is -2.47. The number of rotatable bonds is 7. The summed E-state index contributed by atoms with van der Waals surface area (Å²) in [4.78, 5) is 32.5. The van der Waals surface area contributed by atoms with E-state index in [1.807, 2.05) is 31.3 Å². The van der Waals surface area contributed by atoms with Crippen LogP contribution in [0.15, 0.2) is 42.6 Å². The van der Waals surface area contributed by atoms with E-state index in [4.69, 9.17) is 4.98 Å². The Morgan fingerprint density at radius 1 is 1.00 bits per heavy atom. The minimum absolute atomic E-state index is 0.525. The van der Waals surface area contributed by atoms with Gasteiger partial charge in [-0.25, -0.2) is 4.98 Å². The number of carbonyl (C=O) groups excluding carboxylic acids is 2. The summed E-state index contributed by atoms with van der Waals surface area (Å²) in [6.45, 7) is 7.40. The third-order valence-corrected chi connectivity index (χ3v) is 7.74. The van der Waals surface area contributed by atoms with E-state index in [0.29, 0.717) is 24.7 Å². The SMILES string of the molecule is CNC1CC(n2ccc3c(C)cc(N4CCN(c5ccc(C(C)(C=O)C=O)cc5)CC4)nc32)C1. The molecule has 7 heteroatoms. The van der Waals surface area contributed by atoms with Gasteiger partial charge in [-0.3, -0.25) is 0 Å². The van der Waals surface area contributed by atoms with Crippen molar-refractivity contribution in [2.75, 3.05) is 43.0 Å². The molecule has 3 heterocycles. The zero-order valence-electron chi connectivity index (χ0n) is 20.2. The van der Waals surface area contributed by atoms with Gasteiger partial charge in [0.15, 0.2) is 0 Å². The molecule has 0 radical (unpaired) electrons. The van der Waals surface area contributed by atoms with Crippen LogP contribution in [0.3, 0.4) is 0 Å². The van der Waals surface area contributed by atoms with Crippen LogP contribution in [0.1, 0.15) is 36.9 Å². The molecule has 2 aliphatic rings. The zero-order valence-corrected chi connectivity index (χ0v) is 20.2. The molecule has 0 unspecified atom stereocenters. The molecule has 1 aromatic carbocycles. The summed E-state index contributed by atoms with van der Waals surface area (Å²) in [7, 11) is 2.04. The lowest BCUT2D eigenvalue weighted by atomic mass is 9.85. The molecular weight excluding hydrogens is 426 g/mol. The normalized spacial score (nSPS) is 20.9. The van der Waals surface area contributed by atoms with E-state index in [1.165, 1.54) is 10.9 Å². The summed E-state index contributed by atoms with van der Waals surface area (Å²) in [5.41, 5.74) is 3.13. The quantitative estimate of drug-likeness (QED) is 0.432. The minimum Gasteiger partial charge on any atom is -0.368 e. The molecule has 0 spiro atoms. The molecule has 5 rings (SSSR count). The van der Waals surface area contributed by atoms with Gasteiger partial charge in [0.25, 0.3) is 0 Å². The van der Waals surface area contributed by atoms with Crippen LogP contribution in [0, 0.1) is 6.92 Å². The van der Waals surface area contributed by atoms with Crippen LogP contribution < -0.4 is 15.1 Å². The fourth-order valence-corrected chi connectivity index (χ4v) is 5.17. The van der Waals surface area contributed by atoms with Gasteiger partial charge in [-0.05, 0) is 69.1 Å². The smallest absolute Gasteiger partial charge is 0.142 e. The van der Waals surface area contributed by atoms with Crippen LogP contribution >= 0.6 is 0 Å². The Bertz CT molecular complexity index is 1180. The van der Waals surface area contributed by atoms with Crippen molar-refractivity contribution in [2.45, 2.75) is 44.2 Å². The number of aryl methyl sites for hydroxylation is 1. The first-order valence-corrected chi connectivity index (χ1v) is 12.1. The van der Waals surface area contributed by atoms with Crippen LogP contribution in [-0.2, 0) is 15.0 Å². The Hall–Kier alpha value is -3.19. The summed E-state index contributed by atoms with van der Waals surface area (Å²) in [6.07, 6.45) is 5.93. The predicted octanol–water partition coefficient (Wildman–Crippen LogP) is 3.25. The molecule has 2 aromatic heterocycles. The number of benzene rings is 1. The second-order valence-corrected chi connectivity index (χ2v) is 9.91. The highest BCUT2D eigenvalue weighted by Gasteiger charge is 2.30. The predicted molar refractivity (Wildman–Crippen MR) is 136 cm³/mol. The van der Waals surface area contributed by atoms with Gasteiger partial charge in [-0.2, -0.15) is 0 Å². The van der Waals surface area contributed by atoms with E-state index < -0.39 is 5.41 Å². The highest BCUT2D eigenvalue weighted by Crippen LogP contribution is 2.36. The number of piperazine rings is 1. The number of aldehydes is 2. The molecule has 178 valence electrons. The largest absolute Gasteiger partial charge is 0.368 e. The maximum Gasteiger partial charge on any atom is 0.142 e. The van der Waals surface area contributed by atoms with Crippen molar-refractivity contribution in [3.63, 3.8) is 0 Å². The fraction of sp³-hybridized carbons (Fsp3) is 0.444. The highest BCUT2D eigenvalue weighted by molar-refractivity contribution is 5.91. The van der Waals surface area contributed by atoms with Crippen molar-refractivity contribution in [3.8, 4) is 0 Å². The van der Waals surface area contributed by atoms with Gasteiger partial charge >= 0.3 is 0 Å². The first-order valence-electron chi connectivity index (χ1n) is 12.1. The zero-order chi connectivity index (χ0) is 23.9. The van der Waals surface area contributed by atoms with Crippen molar-refractivity contribution in [1.82, 2.24) is 14.9 Å². The Morgan fingerprint density at radius 3 is 2.26 bits per heavy atom. The Balaban J connectivity index is 1.29. The van der Waals surface area contributed by atoms with E-state index >= 15 is 0 Å². The second-order valence-electron chi connectivity index (χ2n) is 9.91. The molecule has 1 saturated carbocycles. The summed E-state index contributed by atoms with van der Waals surface area (Å²) < 4.78 is 2.36. The molecule has 3 aromatic rings. The topological polar surface area (TPSA) is 70.5 Å². The maximum atomic E-state index is 11.4. The average molecular weight is 460 g/mol. The number of anilines is 2. The van der Waals surface area contributed by atoms with Crippen molar-refractivity contribution >= 4 is 35.1 Å². The Morgan fingerprint density at radius 2 is 1.65 bits per heavy atom. The van der Waals surface area contributed by atoms with Crippen LogP contribution in [0.2, 0.25) is 0 Å². The van der Waals surface area contributed by atoms with E-state index in [9.17, 15) is 9.59 Å². The van der Waals surface area contributed by atoms with Gasteiger partial charge in [0, 0.05) is 55.5 Å². The van der Waals surface area contributed by atoms with Gasteiger partial charge in [0.1, 0.15) is 29.5 Å². The number of carbonyl (C=O) groups is 2. The van der Waals surface area contributed by atoms with Gasteiger partial charge < -0.3 is 29.3 Å². The first-order chi connectivity index (χ1) is 16.5. The molecule has 1 aliphatic carbocycles. The lowest BCUT2D eigenvalue weighted by Gasteiger charge is -2.38. The van der Waals surface area contributed by atoms with E-state index in [1.54, 1.807) is 6.92 Å². The fourth-order valence-electron chi connectivity index (χ4n) is 5.17. The van der Waals surface area contributed by atoms with Gasteiger partial charge in [0.05, 0.1) is 0 Å². The van der Waals surface area contributed by atoms with Crippen molar-refractivity contribution in [2.24, 2.45) is 0 Å². The minimum atomic E-state index is -1.08. The number of fused-ring (bicyclic) bond motifs is 1. The molecule has 34 heavy (non-hydrogen) atoms. The highest BCUT2D eigenvalue weighted by atomic mass is 16.1. The maximum absolute atomic E-state index is 11.4. The molecule has 0 atom stereocenters. The van der Waals surface area contributed by atoms with Crippen LogP contribution in [-0.4, -0.2) is 61.4 Å². The third-order valence-electron chi connectivity index (χ3n) is 7.74. The third kappa shape index (κ3) is 3.88. The van der Waals surface area contributed by atoms with Crippen molar-refractivity contribution in [3.05, 3.63) is 53.7 Å². The molecule has 2 fully saturated rings. The molecule has 0 amide bonds. The first kappa shape index (κ1) is 22.6. The van der Waals surface area contributed by atoms with Crippen LogP contribution in [0.4, 0.5) is 11.5 Å². The Kier molecular flexibility index (Phi) is 5.90. The van der Waals surface area contributed by atoms with Crippen molar-refractivity contribution in [1.29, 1.82) is 0 Å². The van der Waals surface area contributed by atoms with E-state index in [-0.39, 0.29) is 0 Å². The Labute approximate surface area is 200 Å². The number of aromatic nitrogens is 2. The van der Waals surface area contributed by atoms with E-state index in [0.717, 1.165) is 61.7 Å². The number of pyridine rings is 1. The number of hydrogen-bond donors (Lipinski definition) is 1. The molecule has 0 bridgehead atoms. The monoisotopic (exact) mass is 459 g/mol. The van der Waals surface area contributed by atoms with Gasteiger partial charge in [-0.15, -0.1) is 0 Å². The molecule has 1 N–H and O–H groups in total.